The molecule has 1 heterocycles. The Morgan fingerprint density at radius 1 is 1.10 bits per heavy atom. The van der Waals surface area contributed by atoms with E-state index >= 15 is 0 Å². The van der Waals surface area contributed by atoms with E-state index in [0.717, 1.165) is 18.2 Å². The summed E-state index contributed by atoms with van der Waals surface area (Å²) in [6.07, 6.45) is 0. The van der Waals surface area contributed by atoms with E-state index in [1.807, 2.05) is 0 Å². The van der Waals surface area contributed by atoms with Gasteiger partial charge in [-0.3, -0.25) is 0 Å². The molecule has 108 valence electrons. The second-order valence-electron chi connectivity index (χ2n) is 4.54. The molecule has 2 nitrogen and oxygen atoms in total. The van der Waals surface area contributed by atoms with Crippen molar-refractivity contribution in [1.29, 1.82) is 0 Å². The molecule has 0 unspecified atom stereocenters. The summed E-state index contributed by atoms with van der Waals surface area (Å²) in [5.41, 5.74) is 1.11. The van der Waals surface area contributed by atoms with Gasteiger partial charge in [0, 0.05) is 11.6 Å². The molecule has 0 atom stereocenters. The van der Waals surface area contributed by atoms with E-state index in [1.165, 1.54) is 16.7 Å². The van der Waals surface area contributed by atoms with Crippen molar-refractivity contribution in [1.82, 2.24) is 9.55 Å². The Morgan fingerprint density at radius 3 is 2.62 bits per heavy atom. The summed E-state index contributed by atoms with van der Waals surface area (Å²) in [5, 5.41) is -0.0648. The van der Waals surface area contributed by atoms with Crippen LogP contribution in [0.1, 0.15) is 5.56 Å². The van der Waals surface area contributed by atoms with Gasteiger partial charge in [0.1, 0.15) is 17.5 Å². The monoisotopic (exact) mass is 328 g/mol. The van der Waals surface area contributed by atoms with E-state index in [4.69, 9.17) is 23.8 Å². The first-order valence-electron chi connectivity index (χ1n) is 5.97. The van der Waals surface area contributed by atoms with Gasteiger partial charge in [0.15, 0.2) is 4.77 Å². The number of imidazole rings is 1. The minimum absolute atomic E-state index is 0.0182. The Kier molecular flexibility index (Phi) is 3.51. The van der Waals surface area contributed by atoms with E-state index in [0.29, 0.717) is 11.0 Å². The van der Waals surface area contributed by atoms with Crippen molar-refractivity contribution in [3.63, 3.8) is 0 Å². The number of nitrogens with one attached hydrogen (secondary N) is 1. The smallest absolute Gasteiger partial charge is 0.178 e. The first-order valence-corrected chi connectivity index (χ1v) is 6.76. The lowest BCUT2D eigenvalue weighted by Crippen LogP contribution is -2.02. The van der Waals surface area contributed by atoms with Gasteiger partial charge in [-0.2, -0.15) is 0 Å². The minimum Gasteiger partial charge on any atom is -0.330 e. The molecule has 3 rings (SSSR count). The number of H-pyrrole nitrogens is 1. The van der Waals surface area contributed by atoms with Gasteiger partial charge in [-0.05, 0) is 36.5 Å². The normalized spacial score (nSPS) is 11.2. The van der Waals surface area contributed by atoms with Crippen LogP contribution >= 0.6 is 23.8 Å². The molecule has 0 spiro atoms. The Labute approximate surface area is 127 Å². The van der Waals surface area contributed by atoms with E-state index in [-0.39, 0.29) is 21.9 Å². The number of aromatic amines is 1. The maximum atomic E-state index is 13.7. The number of nitrogens with zero attached hydrogens (tertiary/aromatic N) is 1. The third kappa shape index (κ3) is 2.56. The van der Waals surface area contributed by atoms with Crippen molar-refractivity contribution in [3.05, 3.63) is 63.1 Å². The van der Waals surface area contributed by atoms with Crippen LogP contribution in [0, 0.1) is 22.2 Å². The van der Waals surface area contributed by atoms with Gasteiger partial charge >= 0.3 is 0 Å². The van der Waals surface area contributed by atoms with Crippen LogP contribution in [-0.2, 0) is 6.54 Å². The fourth-order valence-electron chi connectivity index (χ4n) is 2.14. The SMILES string of the molecule is Fc1ccc(F)c(Cn2c(=S)[nH]c3cc(F)c(Cl)cc32)c1. The van der Waals surface area contributed by atoms with Crippen molar-refractivity contribution in [2.24, 2.45) is 0 Å². The van der Waals surface area contributed by atoms with E-state index in [2.05, 4.69) is 4.98 Å². The van der Waals surface area contributed by atoms with Gasteiger partial charge in [0.25, 0.3) is 0 Å². The number of halogens is 4. The predicted octanol–water partition coefficient (Wildman–Crippen LogP) is 4.82. The molecule has 21 heavy (non-hydrogen) atoms. The quantitative estimate of drug-likeness (QED) is 0.669. The lowest BCUT2D eigenvalue weighted by Gasteiger charge is -2.07. The van der Waals surface area contributed by atoms with Gasteiger partial charge < -0.3 is 9.55 Å². The summed E-state index contributed by atoms with van der Waals surface area (Å²) in [6, 6.07) is 5.80. The number of hydrogen-bond acceptors (Lipinski definition) is 1. The topological polar surface area (TPSA) is 20.7 Å². The second-order valence-corrected chi connectivity index (χ2v) is 5.33. The molecule has 0 saturated heterocycles. The second kappa shape index (κ2) is 5.20. The first-order chi connectivity index (χ1) is 9.95. The van der Waals surface area contributed by atoms with Crippen molar-refractivity contribution in [2.45, 2.75) is 6.54 Å². The number of rotatable bonds is 2. The zero-order valence-electron chi connectivity index (χ0n) is 10.5. The van der Waals surface area contributed by atoms with Crippen molar-refractivity contribution < 1.29 is 13.2 Å². The number of benzene rings is 2. The molecule has 0 aliphatic heterocycles. The lowest BCUT2D eigenvalue weighted by atomic mass is 10.2. The maximum absolute atomic E-state index is 13.7. The molecule has 0 aliphatic rings. The lowest BCUT2D eigenvalue weighted by molar-refractivity contribution is 0.578. The fraction of sp³-hybridized carbons (Fsp3) is 0.0714. The summed E-state index contributed by atoms with van der Waals surface area (Å²) in [4.78, 5) is 2.81. The van der Waals surface area contributed by atoms with Crippen LogP contribution in [0.2, 0.25) is 5.02 Å². The van der Waals surface area contributed by atoms with Crippen LogP contribution in [-0.4, -0.2) is 9.55 Å². The molecule has 3 aromatic rings. The highest BCUT2D eigenvalue weighted by molar-refractivity contribution is 7.71. The van der Waals surface area contributed by atoms with Crippen LogP contribution in [0.3, 0.4) is 0 Å². The molecule has 0 amide bonds. The molecule has 0 bridgehead atoms. The molecular formula is C14H8ClF3N2S. The van der Waals surface area contributed by atoms with Gasteiger partial charge in [0.2, 0.25) is 0 Å². The van der Waals surface area contributed by atoms with Crippen molar-refractivity contribution in [3.8, 4) is 0 Å². The Hall–Kier alpha value is -1.79. The molecule has 0 radical (unpaired) electrons. The maximum Gasteiger partial charge on any atom is 0.178 e. The summed E-state index contributed by atoms with van der Waals surface area (Å²) in [7, 11) is 0. The third-order valence-electron chi connectivity index (χ3n) is 3.15. The van der Waals surface area contributed by atoms with E-state index < -0.39 is 17.5 Å². The highest BCUT2D eigenvalue weighted by atomic mass is 35.5. The molecule has 7 heteroatoms. The molecule has 1 aromatic heterocycles. The molecule has 0 saturated carbocycles. The van der Waals surface area contributed by atoms with E-state index in [1.54, 1.807) is 0 Å². The zero-order valence-corrected chi connectivity index (χ0v) is 12.0. The Bertz CT molecular complexity index is 901. The highest BCUT2D eigenvalue weighted by Gasteiger charge is 2.11. The molecule has 2 aromatic carbocycles. The third-order valence-corrected chi connectivity index (χ3v) is 3.76. The average molecular weight is 329 g/mol. The van der Waals surface area contributed by atoms with E-state index in [9.17, 15) is 13.2 Å². The summed E-state index contributed by atoms with van der Waals surface area (Å²) in [6.45, 7) is 0.0182. The van der Waals surface area contributed by atoms with Crippen LogP contribution in [0.5, 0.6) is 0 Å². The summed E-state index contributed by atoms with van der Waals surface area (Å²) >= 11 is 10.9. The largest absolute Gasteiger partial charge is 0.330 e. The first kappa shape index (κ1) is 14.2. The van der Waals surface area contributed by atoms with Crippen LogP contribution in [0.15, 0.2) is 30.3 Å². The zero-order chi connectivity index (χ0) is 15.1. The van der Waals surface area contributed by atoms with Crippen LogP contribution in [0.25, 0.3) is 11.0 Å². The molecule has 0 fully saturated rings. The van der Waals surface area contributed by atoms with Gasteiger partial charge in [0.05, 0.1) is 22.6 Å². The minimum atomic E-state index is -0.579. The highest BCUT2D eigenvalue weighted by Crippen LogP contribution is 2.24. The van der Waals surface area contributed by atoms with Gasteiger partial charge in [-0.15, -0.1) is 0 Å². The average Bonchev–Trinajstić information content (AvgIpc) is 2.71. The van der Waals surface area contributed by atoms with Gasteiger partial charge in [-0.25, -0.2) is 13.2 Å². The van der Waals surface area contributed by atoms with Crippen molar-refractivity contribution in [2.75, 3.05) is 0 Å². The Morgan fingerprint density at radius 2 is 1.86 bits per heavy atom. The van der Waals surface area contributed by atoms with Gasteiger partial charge in [-0.1, -0.05) is 11.6 Å². The molecule has 0 aliphatic carbocycles. The summed E-state index contributed by atoms with van der Waals surface area (Å²) < 4.78 is 42.2. The number of fused-ring (bicyclic) bond motifs is 1. The van der Waals surface area contributed by atoms with Crippen molar-refractivity contribution >= 4 is 34.9 Å². The van der Waals surface area contributed by atoms with Crippen LogP contribution in [0.4, 0.5) is 13.2 Å². The van der Waals surface area contributed by atoms with Crippen LogP contribution < -0.4 is 0 Å². The molecule has 1 N–H and O–H groups in total. The Balaban J connectivity index is 2.16. The molecular weight excluding hydrogens is 321 g/mol. The number of aromatic nitrogens is 2. The fourth-order valence-corrected chi connectivity index (χ4v) is 2.57. The summed E-state index contributed by atoms with van der Waals surface area (Å²) in [5.74, 6) is -1.66. The number of hydrogen-bond donors (Lipinski definition) is 1. The standard InChI is InChI=1S/C14H8ClF3N2S/c15-9-4-13-12(5-11(9)18)19-14(21)20(13)6-7-3-8(16)1-2-10(7)17/h1-5H,6H2,(H,19,21). The predicted molar refractivity (Wildman–Crippen MR) is 77.6 cm³/mol.